The van der Waals surface area contributed by atoms with Crippen molar-refractivity contribution in [2.24, 2.45) is 28.1 Å². The Labute approximate surface area is 171 Å². The summed E-state index contributed by atoms with van der Waals surface area (Å²) in [4.78, 5) is 38.2. The number of rotatable bonds is 0. The predicted molar refractivity (Wildman–Crippen MR) is 92.0 cm³/mol. The molecule has 0 aromatic carbocycles. The van der Waals surface area contributed by atoms with E-state index in [4.69, 9.17) is 18.9 Å². The number of aliphatic hydroxyl groups excluding tert-OH is 2. The maximum Gasteiger partial charge on any atom is 0.343 e. The van der Waals surface area contributed by atoms with Crippen molar-refractivity contribution in [1.82, 2.24) is 0 Å². The van der Waals surface area contributed by atoms with Crippen molar-refractivity contribution in [2.75, 3.05) is 0 Å². The minimum Gasteiger partial charge on any atom is -0.459 e. The average molecular weight is 424 g/mol. The number of carbonyl (C=O) groups is 3. The highest BCUT2D eigenvalue weighted by Crippen LogP contribution is 2.84. The highest BCUT2D eigenvalue weighted by atomic mass is 16.8. The van der Waals surface area contributed by atoms with E-state index in [0.29, 0.717) is 0 Å². The largest absolute Gasteiger partial charge is 0.459 e. The van der Waals surface area contributed by atoms with Gasteiger partial charge in [0.1, 0.15) is 12.2 Å². The summed E-state index contributed by atoms with van der Waals surface area (Å²) in [5.41, 5.74) is -8.26. The van der Waals surface area contributed by atoms with E-state index in [1.54, 1.807) is 0 Å². The molecule has 0 radical (unpaired) electrons. The summed E-state index contributed by atoms with van der Waals surface area (Å²) in [7, 11) is 0. The van der Waals surface area contributed by atoms with Crippen LogP contribution in [0.5, 0.6) is 0 Å². The van der Waals surface area contributed by atoms with Gasteiger partial charge in [-0.15, -0.1) is 0 Å². The van der Waals surface area contributed by atoms with Gasteiger partial charge in [0.2, 0.25) is 11.9 Å². The first-order valence-electron chi connectivity index (χ1n) is 10.2. The number of esters is 3. The van der Waals surface area contributed by atoms with Gasteiger partial charge in [0.25, 0.3) is 0 Å². The number of hydrogen-bond donors (Lipinski definition) is 3. The molecule has 0 amide bonds. The smallest absolute Gasteiger partial charge is 0.343 e. The van der Waals surface area contributed by atoms with E-state index in [9.17, 15) is 29.7 Å². The zero-order valence-corrected chi connectivity index (χ0v) is 16.9. The maximum atomic E-state index is 13.4. The summed E-state index contributed by atoms with van der Waals surface area (Å²) >= 11 is 0. The third kappa shape index (κ3) is 1.33. The van der Waals surface area contributed by atoms with Crippen LogP contribution < -0.4 is 0 Å². The van der Waals surface area contributed by atoms with Crippen molar-refractivity contribution in [3.63, 3.8) is 0 Å². The van der Waals surface area contributed by atoms with Gasteiger partial charge in [0.15, 0.2) is 17.8 Å². The number of hydrogen-bond acceptors (Lipinski definition) is 10. The molecule has 4 saturated heterocycles. The van der Waals surface area contributed by atoms with E-state index in [2.05, 4.69) is 0 Å². The van der Waals surface area contributed by atoms with Crippen molar-refractivity contribution < 1.29 is 48.7 Å². The van der Waals surface area contributed by atoms with Crippen molar-refractivity contribution in [3.05, 3.63) is 0 Å². The molecule has 4 heterocycles. The highest BCUT2D eigenvalue weighted by Gasteiger charge is 3.03. The molecule has 2 saturated carbocycles. The standard InChI is InChI=1S/C20H24O10/c1-6-12(23)28-11-9(21)18-8-5-7(16(2,3)4)17(18)10(22)13(24)29-15(17)30-20(18,14(25)27-8)19(6,11)26/h6-11,15,21-22,26H,5H2,1-4H3/t6-,7+,8-,9+,10+,11+,15+,17+,18?,19-,20+/m1/s1. The summed E-state index contributed by atoms with van der Waals surface area (Å²) in [5, 5.41) is 34.7. The fourth-order valence-corrected chi connectivity index (χ4v) is 8.12. The lowest BCUT2D eigenvalue weighted by Gasteiger charge is -2.47. The molecular formula is C20H24O10. The van der Waals surface area contributed by atoms with Gasteiger partial charge in [0, 0.05) is 0 Å². The molecule has 2 spiro atoms. The first kappa shape index (κ1) is 19.0. The predicted octanol–water partition coefficient (Wildman–Crippen LogP) is -1.37. The van der Waals surface area contributed by atoms with Crippen LogP contribution >= 0.6 is 0 Å². The Morgan fingerprint density at radius 1 is 1.03 bits per heavy atom. The molecular weight excluding hydrogens is 400 g/mol. The molecule has 1 unspecified atom stereocenters. The van der Waals surface area contributed by atoms with Crippen molar-refractivity contribution in [3.8, 4) is 0 Å². The Morgan fingerprint density at radius 2 is 1.70 bits per heavy atom. The quantitative estimate of drug-likeness (QED) is 0.314. The minimum absolute atomic E-state index is 0.229. The monoisotopic (exact) mass is 424 g/mol. The van der Waals surface area contributed by atoms with Crippen LogP contribution in [0.3, 0.4) is 0 Å². The fourth-order valence-electron chi connectivity index (χ4n) is 8.12. The fraction of sp³-hybridized carbons (Fsp3) is 0.850. The third-order valence-electron chi connectivity index (χ3n) is 9.00. The van der Waals surface area contributed by atoms with E-state index in [1.165, 1.54) is 6.92 Å². The molecule has 4 aliphatic heterocycles. The van der Waals surface area contributed by atoms with E-state index >= 15 is 0 Å². The average Bonchev–Trinajstić information content (AvgIpc) is 3.35. The molecule has 10 nitrogen and oxygen atoms in total. The van der Waals surface area contributed by atoms with Crippen LogP contribution in [0.15, 0.2) is 0 Å². The van der Waals surface area contributed by atoms with Crippen LogP contribution in [0.25, 0.3) is 0 Å². The molecule has 30 heavy (non-hydrogen) atoms. The lowest BCUT2D eigenvalue weighted by Crippen LogP contribution is -2.67. The normalized spacial score (nSPS) is 60.1. The number of ether oxygens (including phenoxy) is 4. The molecule has 0 aromatic heterocycles. The zero-order valence-electron chi connectivity index (χ0n) is 16.9. The third-order valence-corrected chi connectivity index (χ3v) is 9.00. The van der Waals surface area contributed by atoms with Crippen LogP contribution in [0.4, 0.5) is 0 Å². The molecule has 10 heteroatoms. The molecule has 164 valence electrons. The van der Waals surface area contributed by atoms with Gasteiger partial charge in [-0.25, -0.2) is 9.59 Å². The molecule has 6 rings (SSSR count). The molecule has 0 aromatic rings. The highest BCUT2D eigenvalue weighted by molar-refractivity contribution is 5.94. The van der Waals surface area contributed by atoms with Crippen molar-refractivity contribution in [2.45, 2.75) is 76.0 Å². The summed E-state index contributed by atoms with van der Waals surface area (Å²) in [6, 6.07) is 0. The van der Waals surface area contributed by atoms with Gasteiger partial charge < -0.3 is 34.3 Å². The second-order valence-corrected chi connectivity index (χ2v) is 10.7. The summed E-state index contributed by atoms with van der Waals surface area (Å²) in [6.45, 7) is 7.14. The molecule has 6 aliphatic rings. The number of fused-ring (bicyclic) bond motifs is 1. The van der Waals surface area contributed by atoms with Crippen LogP contribution in [0.1, 0.15) is 34.1 Å². The van der Waals surface area contributed by atoms with Crippen molar-refractivity contribution in [1.29, 1.82) is 0 Å². The lowest BCUT2D eigenvalue weighted by molar-refractivity contribution is -0.239. The van der Waals surface area contributed by atoms with E-state index in [1.807, 2.05) is 20.8 Å². The van der Waals surface area contributed by atoms with Crippen LogP contribution in [0, 0.1) is 28.1 Å². The second kappa shape index (κ2) is 4.69. The van der Waals surface area contributed by atoms with Crippen LogP contribution in [-0.2, 0) is 33.3 Å². The Bertz CT molecular complexity index is 925. The summed E-state index contributed by atoms with van der Waals surface area (Å²) in [5.74, 6) is -4.32. The van der Waals surface area contributed by atoms with Crippen molar-refractivity contribution >= 4 is 17.9 Å². The second-order valence-electron chi connectivity index (χ2n) is 10.7. The van der Waals surface area contributed by atoms with Gasteiger partial charge in [-0.2, -0.15) is 0 Å². The minimum atomic E-state index is -2.24. The van der Waals surface area contributed by atoms with Gasteiger partial charge in [-0.05, 0) is 24.7 Å². The molecule has 6 fully saturated rings. The first-order valence-corrected chi connectivity index (χ1v) is 10.2. The van der Waals surface area contributed by atoms with E-state index < -0.39 is 87.9 Å². The topological polar surface area (TPSA) is 149 Å². The van der Waals surface area contributed by atoms with Gasteiger partial charge in [-0.1, -0.05) is 20.8 Å². The van der Waals surface area contributed by atoms with Gasteiger partial charge in [-0.3, -0.25) is 4.79 Å². The Morgan fingerprint density at radius 3 is 2.33 bits per heavy atom. The Hall–Kier alpha value is -1.75. The van der Waals surface area contributed by atoms with Gasteiger partial charge in [0.05, 0.1) is 16.7 Å². The molecule has 2 aliphatic carbocycles. The first-order chi connectivity index (χ1) is 13.8. The maximum absolute atomic E-state index is 13.4. The van der Waals surface area contributed by atoms with Crippen LogP contribution in [0.2, 0.25) is 0 Å². The zero-order chi connectivity index (χ0) is 21.8. The molecule has 3 N–H and O–H groups in total. The SMILES string of the molecule is C[C@@H]1C(=O)O[C@H]2[C@H](O)C34[C@H]5C[C@@H](C(C)(C)C)[C@]36[C@@H](OC(=O)[C@@H]6O)O[C@]4(C(=O)O5)[C@@]12O. The lowest BCUT2D eigenvalue weighted by atomic mass is 9.51. The summed E-state index contributed by atoms with van der Waals surface area (Å²) < 4.78 is 22.5. The van der Waals surface area contributed by atoms with E-state index in [-0.39, 0.29) is 6.42 Å². The van der Waals surface area contributed by atoms with Crippen LogP contribution in [-0.4, -0.2) is 75.1 Å². The van der Waals surface area contributed by atoms with E-state index in [0.717, 1.165) is 0 Å². The van der Waals surface area contributed by atoms with Gasteiger partial charge >= 0.3 is 17.9 Å². The Balaban J connectivity index is 1.72. The number of carbonyl (C=O) groups excluding carboxylic acids is 3. The summed E-state index contributed by atoms with van der Waals surface area (Å²) in [6.07, 6.45) is -6.91. The molecule has 0 bridgehead atoms. The number of aliphatic hydroxyl groups is 3. The molecule has 11 atom stereocenters. The Kier molecular flexibility index (Phi) is 2.97.